The summed E-state index contributed by atoms with van der Waals surface area (Å²) in [5, 5.41) is 4.02. The second-order valence-electron chi connectivity index (χ2n) is 5.70. The first-order chi connectivity index (χ1) is 10.0. The molecule has 0 spiro atoms. The third kappa shape index (κ3) is 4.03. The van der Waals surface area contributed by atoms with Crippen molar-refractivity contribution in [2.24, 2.45) is 5.92 Å². The highest BCUT2D eigenvalue weighted by molar-refractivity contribution is 7.17. The van der Waals surface area contributed by atoms with Crippen LogP contribution < -0.4 is 5.32 Å². The van der Waals surface area contributed by atoms with Crippen molar-refractivity contribution in [2.75, 3.05) is 12.4 Å². The minimum atomic E-state index is -0.556. The van der Waals surface area contributed by atoms with Crippen LogP contribution in [-0.2, 0) is 4.74 Å². The first kappa shape index (κ1) is 15.9. The molecule has 0 amide bonds. The van der Waals surface area contributed by atoms with E-state index in [1.54, 1.807) is 0 Å². The minimum Gasteiger partial charge on any atom is -0.464 e. The Balaban J connectivity index is 2.13. The topological polar surface area (TPSA) is 68.3 Å². The predicted octanol–water partition coefficient (Wildman–Crippen LogP) is 3.51. The third-order valence-electron chi connectivity index (χ3n) is 3.91. The molecular weight excluding hydrogens is 288 g/mol. The minimum absolute atomic E-state index is 0.125. The predicted molar refractivity (Wildman–Crippen MR) is 83.1 cm³/mol. The van der Waals surface area contributed by atoms with E-state index >= 15 is 0 Å². The van der Waals surface area contributed by atoms with Gasteiger partial charge in [0.15, 0.2) is 16.6 Å². The van der Waals surface area contributed by atoms with E-state index < -0.39 is 5.97 Å². The molecule has 0 bridgehead atoms. The smallest absolute Gasteiger partial charge is 0.358 e. The van der Waals surface area contributed by atoms with Gasteiger partial charge in [-0.05, 0) is 25.2 Å². The van der Waals surface area contributed by atoms with Crippen molar-refractivity contribution >= 4 is 28.2 Å². The van der Waals surface area contributed by atoms with Crippen LogP contribution >= 0.6 is 11.3 Å². The van der Waals surface area contributed by atoms with E-state index in [2.05, 4.69) is 22.0 Å². The zero-order valence-electron chi connectivity index (χ0n) is 12.8. The summed E-state index contributed by atoms with van der Waals surface area (Å²) < 4.78 is 4.69. The van der Waals surface area contributed by atoms with Crippen LogP contribution in [0.25, 0.3) is 0 Å². The maximum atomic E-state index is 11.7. The number of esters is 1. The fourth-order valence-electron chi connectivity index (χ4n) is 2.66. The van der Waals surface area contributed by atoms with Gasteiger partial charge in [0.2, 0.25) is 0 Å². The SMILES string of the molecule is COC(=O)c1nc(NC2CCCC(C)CC2)sc1C(C)=O. The highest BCUT2D eigenvalue weighted by Gasteiger charge is 2.23. The molecule has 2 atom stereocenters. The molecule has 1 heterocycles. The largest absolute Gasteiger partial charge is 0.464 e. The molecule has 2 unspecified atom stereocenters. The van der Waals surface area contributed by atoms with Crippen LogP contribution in [0.15, 0.2) is 0 Å². The second kappa shape index (κ2) is 7.02. The monoisotopic (exact) mass is 310 g/mol. The number of methoxy groups -OCH3 is 1. The van der Waals surface area contributed by atoms with Crippen LogP contribution in [0.3, 0.4) is 0 Å². The average molecular weight is 310 g/mol. The van der Waals surface area contributed by atoms with Crippen molar-refractivity contribution in [2.45, 2.75) is 52.0 Å². The number of thiazole rings is 1. The molecule has 0 aromatic carbocycles. The van der Waals surface area contributed by atoms with E-state index in [0.717, 1.165) is 18.8 Å². The molecule has 1 fully saturated rings. The third-order valence-corrected chi connectivity index (χ3v) is 5.00. The number of nitrogens with zero attached hydrogens (tertiary/aromatic N) is 1. The number of nitrogens with one attached hydrogen (secondary N) is 1. The van der Waals surface area contributed by atoms with Crippen molar-refractivity contribution in [3.63, 3.8) is 0 Å². The van der Waals surface area contributed by atoms with Gasteiger partial charge in [-0.15, -0.1) is 0 Å². The Morgan fingerprint density at radius 1 is 1.29 bits per heavy atom. The quantitative estimate of drug-likeness (QED) is 0.523. The molecule has 1 aromatic heterocycles. The van der Waals surface area contributed by atoms with Crippen LogP contribution in [-0.4, -0.2) is 29.9 Å². The molecule has 5 nitrogen and oxygen atoms in total. The van der Waals surface area contributed by atoms with E-state index in [4.69, 9.17) is 0 Å². The maximum Gasteiger partial charge on any atom is 0.358 e. The lowest BCUT2D eigenvalue weighted by molar-refractivity contribution is 0.0591. The van der Waals surface area contributed by atoms with Gasteiger partial charge in [-0.2, -0.15) is 0 Å². The number of rotatable bonds is 4. The molecule has 0 radical (unpaired) electrons. The highest BCUT2D eigenvalue weighted by atomic mass is 32.1. The number of ketones is 1. The van der Waals surface area contributed by atoms with E-state index in [1.165, 1.54) is 44.6 Å². The zero-order chi connectivity index (χ0) is 15.4. The molecule has 6 heteroatoms. The van der Waals surface area contributed by atoms with Gasteiger partial charge in [0.05, 0.1) is 7.11 Å². The van der Waals surface area contributed by atoms with Gasteiger partial charge in [0, 0.05) is 13.0 Å². The van der Waals surface area contributed by atoms with E-state index in [1.807, 2.05) is 0 Å². The summed E-state index contributed by atoms with van der Waals surface area (Å²) in [4.78, 5) is 27.9. The maximum absolute atomic E-state index is 11.7. The highest BCUT2D eigenvalue weighted by Crippen LogP contribution is 2.29. The van der Waals surface area contributed by atoms with Gasteiger partial charge in [-0.25, -0.2) is 9.78 Å². The van der Waals surface area contributed by atoms with Crippen molar-refractivity contribution < 1.29 is 14.3 Å². The first-order valence-electron chi connectivity index (χ1n) is 7.38. The summed E-state index contributed by atoms with van der Waals surface area (Å²) in [6.45, 7) is 3.73. The lowest BCUT2D eigenvalue weighted by atomic mass is 10.0. The summed E-state index contributed by atoms with van der Waals surface area (Å²) in [5.74, 6) is 0.0564. The summed E-state index contributed by atoms with van der Waals surface area (Å²) in [7, 11) is 1.30. The fraction of sp³-hybridized carbons (Fsp3) is 0.667. The summed E-state index contributed by atoms with van der Waals surface area (Å²) in [5.41, 5.74) is 0.125. The molecule has 116 valence electrons. The molecule has 1 saturated carbocycles. The van der Waals surface area contributed by atoms with Gasteiger partial charge in [0.1, 0.15) is 4.88 Å². The Labute approximate surface area is 129 Å². The van der Waals surface area contributed by atoms with Gasteiger partial charge >= 0.3 is 5.97 Å². The van der Waals surface area contributed by atoms with Crippen LogP contribution in [0.4, 0.5) is 5.13 Å². The van der Waals surface area contributed by atoms with Crippen LogP contribution in [0, 0.1) is 5.92 Å². The zero-order valence-corrected chi connectivity index (χ0v) is 13.6. The fourth-order valence-corrected chi connectivity index (χ4v) is 3.59. The van der Waals surface area contributed by atoms with E-state index in [-0.39, 0.29) is 11.5 Å². The molecule has 1 aliphatic rings. The standard InChI is InChI=1S/C15H22N2O3S/c1-9-5-4-6-11(8-7-9)16-15-17-12(14(19)20-3)13(21-15)10(2)18/h9,11H,4-8H2,1-3H3,(H,16,17). The van der Waals surface area contributed by atoms with Crippen molar-refractivity contribution in [3.8, 4) is 0 Å². The number of ether oxygens (including phenoxy) is 1. The number of hydrogen-bond acceptors (Lipinski definition) is 6. The number of aromatic nitrogens is 1. The number of anilines is 1. The number of carbonyl (C=O) groups excluding carboxylic acids is 2. The van der Waals surface area contributed by atoms with Crippen molar-refractivity contribution in [1.82, 2.24) is 4.98 Å². The molecule has 2 rings (SSSR count). The first-order valence-corrected chi connectivity index (χ1v) is 8.19. The van der Waals surface area contributed by atoms with Gasteiger partial charge in [0.25, 0.3) is 0 Å². The Bertz CT molecular complexity index is 527. The summed E-state index contributed by atoms with van der Waals surface area (Å²) >= 11 is 1.24. The molecule has 0 saturated heterocycles. The Morgan fingerprint density at radius 2 is 2.05 bits per heavy atom. The summed E-state index contributed by atoms with van der Waals surface area (Å²) in [6.07, 6.45) is 5.87. The summed E-state index contributed by atoms with van der Waals surface area (Å²) in [6, 6.07) is 0.367. The van der Waals surface area contributed by atoms with Crippen molar-refractivity contribution in [1.29, 1.82) is 0 Å². The molecule has 1 aromatic rings. The van der Waals surface area contributed by atoms with Gasteiger partial charge in [-0.1, -0.05) is 31.1 Å². The molecule has 0 aliphatic heterocycles. The van der Waals surface area contributed by atoms with Crippen LogP contribution in [0.1, 0.15) is 66.1 Å². The van der Waals surface area contributed by atoms with Gasteiger partial charge in [-0.3, -0.25) is 4.79 Å². The number of carbonyl (C=O) groups is 2. The Morgan fingerprint density at radius 3 is 2.71 bits per heavy atom. The normalized spacial score (nSPS) is 22.4. The molecule has 21 heavy (non-hydrogen) atoms. The number of Topliss-reactive ketones (excluding diaryl/α,β-unsaturated/α-hetero) is 1. The number of hydrogen-bond donors (Lipinski definition) is 1. The van der Waals surface area contributed by atoms with Crippen LogP contribution in [0.5, 0.6) is 0 Å². The molecule has 1 aliphatic carbocycles. The Kier molecular flexibility index (Phi) is 5.33. The lowest BCUT2D eigenvalue weighted by Crippen LogP contribution is -2.18. The lowest BCUT2D eigenvalue weighted by Gasteiger charge is -2.15. The second-order valence-corrected chi connectivity index (χ2v) is 6.70. The van der Waals surface area contributed by atoms with E-state index in [9.17, 15) is 9.59 Å². The Hall–Kier alpha value is -1.43. The molecular formula is C15H22N2O3S. The van der Waals surface area contributed by atoms with Crippen LogP contribution in [0.2, 0.25) is 0 Å². The molecule has 1 N–H and O–H groups in total. The van der Waals surface area contributed by atoms with Gasteiger partial charge < -0.3 is 10.1 Å². The van der Waals surface area contributed by atoms with E-state index in [0.29, 0.717) is 16.1 Å². The average Bonchev–Trinajstić information content (AvgIpc) is 2.77. The van der Waals surface area contributed by atoms with Crippen molar-refractivity contribution in [3.05, 3.63) is 10.6 Å².